The number of aryl methyl sites for hydroxylation is 3. The average molecular weight is 482 g/mol. The summed E-state index contributed by atoms with van der Waals surface area (Å²) in [5.74, 6) is 1.46. The Morgan fingerprint density at radius 3 is 2.53 bits per heavy atom. The summed E-state index contributed by atoms with van der Waals surface area (Å²) < 4.78 is 18.7. The first-order valence-corrected chi connectivity index (χ1v) is 11.5. The van der Waals surface area contributed by atoms with Crippen molar-refractivity contribution in [2.24, 2.45) is 0 Å². The number of aromatic hydroxyl groups is 1. The number of H-pyrrole nitrogens is 1. The zero-order chi connectivity index (χ0) is 24.3. The van der Waals surface area contributed by atoms with Gasteiger partial charge in [0.05, 0.1) is 24.4 Å². The van der Waals surface area contributed by atoms with Gasteiger partial charge in [0.15, 0.2) is 16.3 Å². The molecular formula is C25H27N3O5S. The van der Waals surface area contributed by atoms with Gasteiger partial charge in [-0.2, -0.15) is 0 Å². The van der Waals surface area contributed by atoms with E-state index in [-0.39, 0.29) is 23.0 Å². The summed E-state index contributed by atoms with van der Waals surface area (Å²) in [6, 6.07) is 5.42. The van der Waals surface area contributed by atoms with Crippen LogP contribution in [0.1, 0.15) is 39.4 Å². The summed E-state index contributed by atoms with van der Waals surface area (Å²) in [5, 5.41) is 11.6. The van der Waals surface area contributed by atoms with Crippen LogP contribution in [0.3, 0.4) is 0 Å². The smallest absolute Gasteiger partial charge is 0.260 e. The van der Waals surface area contributed by atoms with Crippen LogP contribution in [-0.4, -0.2) is 47.1 Å². The summed E-state index contributed by atoms with van der Waals surface area (Å²) in [6.07, 6.45) is 0.739. The summed E-state index contributed by atoms with van der Waals surface area (Å²) in [5.41, 5.74) is 5.28. The fourth-order valence-corrected chi connectivity index (χ4v) is 5.59. The van der Waals surface area contributed by atoms with Gasteiger partial charge in [0.25, 0.3) is 5.56 Å². The molecule has 2 aliphatic rings. The molecule has 0 amide bonds. The van der Waals surface area contributed by atoms with Gasteiger partial charge < -0.3 is 19.3 Å². The van der Waals surface area contributed by atoms with Crippen LogP contribution in [0, 0.1) is 25.5 Å². The Kier molecular flexibility index (Phi) is 5.41. The van der Waals surface area contributed by atoms with Gasteiger partial charge in [0, 0.05) is 12.1 Å². The second kappa shape index (κ2) is 8.18. The molecular weight excluding hydrogens is 454 g/mol. The van der Waals surface area contributed by atoms with E-state index in [1.807, 2.05) is 50.9 Å². The number of nitrogens with one attached hydrogen (secondary N) is 1. The van der Waals surface area contributed by atoms with Crippen molar-refractivity contribution in [3.05, 3.63) is 66.7 Å². The van der Waals surface area contributed by atoms with Crippen LogP contribution in [0.2, 0.25) is 0 Å². The number of benzene rings is 2. The van der Waals surface area contributed by atoms with E-state index >= 15 is 0 Å². The standard InChI is InChI=1S/C25H27N3O5S/c1-12-8-13(2)19(14(3)9-12)28-24(30)18(23(29)26-25(28)34)20-17-15(6-7-27(20)4)10-16-21(22(17)31-5)33-11-32-16/h8-10,20,30H,6-7,11H2,1-5H3,(H,26,29,34). The Bertz CT molecular complexity index is 1420. The molecule has 0 spiro atoms. The van der Waals surface area contributed by atoms with E-state index in [2.05, 4.69) is 4.98 Å². The van der Waals surface area contributed by atoms with E-state index in [1.165, 1.54) is 0 Å². The van der Waals surface area contributed by atoms with Gasteiger partial charge in [-0.25, -0.2) is 0 Å². The number of ether oxygens (including phenoxy) is 3. The normalized spacial score (nSPS) is 17.0. The number of aromatic amines is 1. The molecule has 8 nitrogen and oxygen atoms in total. The maximum Gasteiger partial charge on any atom is 0.260 e. The number of fused-ring (bicyclic) bond motifs is 2. The number of hydrogen-bond acceptors (Lipinski definition) is 7. The van der Waals surface area contributed by atoms with Crippen molar-refractivity contribution < 1.29 is 19.3 Å². The average Bonchev–Trinajstić information content (AvgIpc) is 3.23. The first kappa shape index (κ1) is 22.5. The largest absolute Gasteiger partial charge is 0.494 e. The minimum Gasteiger partial charge on any atom is -0.494 e. The molecule has 2 aromatic carbocycles. The molecule has 5 rings (SSSR count). The van der Waals surface area contributed by atoms with Gasteiger partial charge in [0.1, 0.15) is 0 Å². The van der Waals surface area contributed by atoms with E-state index in [0.29, 0.717) is 23.8 Å². The van der Waals surface area contributed by atoms with Gasteiger partial charge in [-0.05, 0) is 69.2 Å². The maximum absolute atomic E-state index is 13.3. The molecule has 0 aliphatic carbocycles. The van der Waals surface area contributed by atoms with Crippen molar-refractivity contribution in [1.29, 1.82) is 0 Å². The Labute approximate surface area is 202 Å². The van der Waals surface area contributed by atoms with Gasteiger partial charge >= 0.3 is 0 Å². The molecule has 0 saturated heterocycles. The zero-order valence-electron chi connectivity index (χ0n) is 19.8. The lowest BCUT2D eigenvalue weighted by molar-refractivity contribution is 0.170. The van der Waals surface area contributed by atoms with Crippen molar-refractivity contribution in [3.8, 4) is 28.8 Å². The van der Waals surface area contributed by atoms with Crippen molar-refractivity contribution in [3.63, 3.8) is 0 Å². The molecule has 0 saturated carbocycles. The Hall–Kier alpha value is -3.30. The highest BCUT2D eigenvalue weighted by Crippen LogP contribution is 2.51. The molecule has 178 valence electrons. The van der Waals surface area contributed by atoms with Crippen molar-refractivity contribution >= 4 is 12.2 Å². The Morgan fingerprint density at radius 1 is 1.15 bits per heavy atom. The van der Waals surface area contributed by atoms with E-state index < -0.39 is 11.6 Å². The lowest BCUT2D eigenvalue weighted by Crippen LogP contribution is -2.37. The second-order valence-corrected chi connectivity index (χ2v) is 9.32. The van der Waals surface area contributed by atoms with Crippen LogP contribution in [0.15, 0.2) is 23.0 Å². The Balaban J connectivity index is 1.82. The minimum absolute atomic E-state index is 0.109. The lowest BCUT2D eigenvalue weighted by atomic mass is 9.87. The quantitative estimate of drug-likeness (QED) is 0.550. The molecule has 1 aromatic heterocycles. The number of aromatic nitrogens is 2. The van der Waals surface area contributed by atoms with Crippen molar-refractivity contribution in [2.45, 2.75) is 33.2 Å². The maximum atomic E-state index is 13.3. The molecule has 3 heterocycles. The third kappa shape index (κ3) is 3.30. The number of likely N-dealkylation sites (N-methyl/N-ethyl adjacent to an activating group) is 1. The van der Waals surface area contributed by atoms with Crippen LogP contribution in [0.5, 0.6) is 23.1 Å². The first-order valence-electron chi connectivity index (χ1n) is 11.1. The van der Waals surface area contributed by atoms with E-state index in [1.54, 1.807) is 11.7 Å². The molecule has 34 heavy (non-hydrogen) atoms. The molecule has 1 atom stereocenters. The van der Waals surface area contributed by atoms with Crippen LogP contribution in [0.4, 0.5) is 0 Å². The number of rotatable bonds is 3. The zero-order valence-corrected chi connectivity index (χ0v) is 20.6. The summed E-state index contributed by atoms with van der Waals surface area (Å²) in [6.45, 7) is 6.74. The number of methoxy groups -OCH3 is 1. The molecule has 1 unspecified atom stereocenters. The van der Waals surface area contributed by atoms with E-state index in [0.717, 1.165) is 39.9 Å². The third-order valence-corrected chi connectivity index (χ3v) is 6.93. The molecule has 2 N–H and O–H groups in total. The number of hydrogen-bond donors (Lipinski definition) is 2. The summed E-state index contributed by atoms with van der Waals surface area (Å²) in [7, 11) is 3.49. The highest BCUT2D eigenvalue weighted by molar-refractivity contribution is 7.71. The molecule has 0 bridgehead atoms. The first-order chi connectivity index (χ1) is 16.2. The van der Waals surface area contributed by atoms with Gasteiger partial charge in [-0.15, -0.1) is 0 Å². The third-order valence-electron chi connectivity index (χ3n) is 6.65. The predicted octanol–water partition coefficient (Wildman–Crippen LogP) is 3.84. The minimum atomic E-state index is -0.579. The highest BCUT2D eigenvalue weighted by Gasteiger charge is 2.38. The van der Waals surface area contributed by atoms with Crippen molar-refractivity contribution in [1.82, 2.24) is 14.5 Å². The fourth-order valence-electron chi connectivity index (χ4n) is 5.32. The summed E-state index contributed by atoms with van der Waals surface area (Å²) in [4.78, 5) is 18.2. The van der Waals surface area contributed by atoms with Crippen LogP contribution >= 0.6 is 12.2 Å². The van der Waals surface area contributed by atoms with Crippen LogP contribution in [-0.2, 0) is 6.42 Å². The molecule has 0 fully saturated rings. The molecule has 9 heteroatoms. The number of nitrogens with zero attached hydrogens (tertiary/aromatic N) is 2. The van der Waals surface area contributed by atoms with Gasteiger partial charge in [-0.3, -0.25) is 19.2 Å². The molecule has 2 aliphatic heterocycles. The molecule has 0 radical (unpaired) electrons. The SMILES string of the molecule is COc1c2c(cc3c1C(c1c(O)n(-c4c(C)cc(C)cc4C)c(=S)[nH]c1=O)N(C)CC3)OCO2. The van der Waals surface area contributed by atoms with Gasteiger partial charge in [0.2, 0.25) is 18.4 Å². The van der Waals surface area contributed by atoms with Crippen LogP contribution in [0.25, 0.3) is 5.69 Å². The van der Waals surface area contributed by atoms with Gasteiger partial charge in [-0.1, -0.05) is 17.7 Å². The monoisotopic (exact) mass is 481 g/mol. The predicted molar refractivity (Wildman–Crippen MR) is 130 cm³/mol. The van der Waals surface area contributed by atoms with Crippen molar-refractivity contribution in [2.75, 3.05) is 27.5 Å². The second-order valence-electron chi connectivity index (χ2n) is 8.93. The fraction of sp³-hybridized carbons (Fsp3) is 0.360. The van der Waals surface area contributed by atoms with E-state index in [4.69, 9.17) is 26.4 Å². The summed E-state index contributed by atoms with van der Waals surface area (Å²) >= 11 is 5.52. The van der Waals surface area contributed by atoms with Crippen LogP contribution < -0.4 is 19.8 Å². The lowest BCUT2D eigenvalue weighted by Gasteiger charge is -2.36. The molecule has 3 aromatic rings. The Morgan fingerprint density at radius 2 is 1.85 bits per heavy atom. The van der Waals surface area contributed by atoms with E-state index in [9.17, 15) is 9.90 Å². The topological polar surface area (TPSA) is 89.0 Å². The highest BCUT2D eigenvalue weighted by atomic mass is 32.1.